The number of aliphatic hydroxyl groups is 1. The highest BCUT2D eigenvalue weighted by atomic mass is 31.2. The highest BCUT2D eigenvalue weighted by molar-refractivity contribution is 7.47. The first-order valence-corrected chi connectivity index (χ1v) is 44.3. The van der Waals surface area contributed by atoms with Crippen molar-refractivity contribution in [1.82, 2.24) is 0 Å². The average molecular weight is 1570 g/mol. The fourth-order valence-corrected chi connectivity index (χ4v) is 11.7. The van der Waals surface area contributed by atoms with Gasteiger partial charge in [0.1, 0.15) is 19.3 Å². The smallest absolute Gasteiger partial charge is 0.462 e. The van der Waals surface area contributed by atoms with Crippen LogP contribution in [0.2, 0.25) is 0 Å². The minimum Gasteiger partial charge on any atom is -0.462 e. The van der Waals surface area contributed by atoms with Gasteiger partial charge in [-0.1, -0.05) is 324 Å². The van der Waals surface area contributed by atoms with Crippen molar-refractivity contribution in [2.24, 2.45) is 0 Å². The lowest BCUT2D eigenvalue weighted by Gasteiger charge is -2.21. The van der Waals surface area contributed by atoms with E-state index in [1.165, 1.54) is 70.6 Å². The molecule has 0 radical (unpaired) electrons. The molecule has 0 amide bonds. The number of hydrogen-bond donors (Lipinski definition) is 3. The Morgan fingerprint density at radius 3 is 0.782 bits per heavy atom. The van der Waals surface area contributed by atoms with Gasteiger partial charge in [0.15, 0.2) is 12.2 Å². The Morgan fingerprint density at radius 2 is 0.491 bits per heavy atom. The third-order valence-electron chi connectivity index (χ3n) is 16.3. The lowest BCUT2D eigenvalue weighted by atomic mass is 10.0. The van der Waals surface area contributed by atoms with Crippen LogP contribution in [0.1, 0.15) is 285 Å². The summed E-state index contributed by atoms with van der Waals surface area (Å²) in [6.07, 6.45) is 101. The zero-order chi connectivity index (χ0) is 80.3. The summed E-state index contributed by atoms with van der Waals surface area (Å²) in [5, 5.41) is 10.7. The number of ether oxygens (including phenoxy) is 4. The molecule has 2 unspecified atom stereocenters. The van der Waals surface area contributed by atoms with E-state index < -0.39 is 97.5 Å². The van der Waals surface area contributed by atoms with Crippen LogP contribution in [0.15, 0.2) is 207 Å². The summed E-state index contributed by atoms with van der Waals surface area (Å²) in [4.78, 5) is 73.0. The quantitative estimate of drug-likeness (QED) is 0.0169. The van der Waals surface area contributed by atoms with E-state index in [0.29, 0.717) is 44.9 Å². The van der Waals surface area contributed by atoms with E-state index in [1.807, 2.05) is 54.7 Å². The van der Waals surface area contributed by atoms with E-state index in [9.17, 15) is 43.2 Å². The lowest BCUT2D eigenvalue weighted by molar-refractivity contribution is -0.161. The molecule has 17 nitrogen and oxygen atoms in total. The maximum absolute atomic E-state index is 13.1. The molecule has 620 valence electrons. The van der Waals surface area contributed by atoms with Gasteiger partial charge >= 0.3 is 39.5 Å². The Kier molecular flexibility index (Phi) is 76.0. The van der Waals surface area contributed by atoms with E-state index in [-0.39, 0.29) is 25.7 Å². The van der Waals surface area contributed by atoms with Crippen LogP contribution in [0.25, 0.3) is 0 Å². The number of carbonyl (C=O) groups excluding carboxylic acids is 4. The van der Waals surface area contributed by atoms with Crippen LogP contribution in [0.3, 0.4) is 0 Å². The first kappa shape index (κ1) is 104. The summed E-state index contributed by atoms with van der Waals surface area (Å²) < 4.78 is 68.4. The van der Waals surface area contributed by atoms with Gasteiger partial charge in [-0.3, -0.25) is 37.3 Å². The predicted molar refractivity (Wildman–Crippen MR) is 454 cm³/mol. The van der Waals surface area contributed by atoms with Crippen LogP contribution in [-0.2, 0) is 65.4 Å². The second-order valence-corrected chi connectivity index (χ2v) is 29.5. The van der Waals surface area contributed by atoms with Gasteiger partial charge in [-0.15, -0.1) is 0 Å². The van der Waals surface area contributed by atoms with Crippen LogP contribution >= 0.6 is 15.6 Å². The number of phosphoric acid groups is 2. The van der Waals surface area contributed by atoms with Crippen molar-refractivity contribution in [3.63, 3.8) is 0 Å². The summed E-state index contributed by atoms with van der Waals surface area (Å²) in [7, 11) is -10.0. The molecule has 110 heavy (non-hydrogen) atoms. The molecule has 0 aromatic heterocycles. The van der Waals surface area contributed by atoms with Crippen molar-refractivity contribution >= 4 is 39.5 Å². The molecular formula is C91H144O17P2. The van der Waals surface area contributed by atoms with Crippen LogP contribution < -0.4 is 0 Å². The number of phosphoric ester groups is 2. The Balaban J connectivity index is 5.58. The van der Waals surface area contributed by atoms with Crippen molar-refractivity contribution in [3.8, 4) is 0 Å². The van der Waals surface area contributed by atoms with Gasteiger partial charge in [0.05, 0.1) is 26.4 Å². The van der Waals surface area contributed by atoms with Crippen LogP contribution in [0.4, 0.5) is 0 Å². The summed E-state index contributed by atoms with van der Waals surface area (Å²) >= 11 is 0. The molecule has 0 saturated heterocycles. The number of allylic oxidation sites excluding steroid dienone is 34. The lowest BCUT2D eigenvalue weighted by Crippen LogP contribution is -2.30. The van der Waals surface area contributed by atoms with Gasteiger partial charge in [0.2, 0.25) is 0 Å². The fraction of sp³-hybridized carbons (Fsp3) is 0.582. The third-order valence-corrected chi connectivity index (χ3v) is 18.2. The zero-order valence-corrected chi connectivity index (χ0v) is 69.6. The summed E-state index contributed by atoms with van der Waals surface area (Å²) in [6, 6.07) is 0. The molecule has 3 N–H and O–H groups in total. The van der Waals surface area contributed by atoms with Crippen LogP contribution in [-0.4, -0.2) is 96.7 Å². The molecule has 0 fully saturated rings. The van der Waals surface area contributed by atoms with Gasteiger partial charge in [-0.25, -0.2) is 9.13 Å². The Hall–Kier alpha value is -6.36. The second-order valence-electron chi connectivity index (χ2n) is 26.6. The van der Waals surface area contributed by atoms with Crippen molar-refractivity contribution < 1.29 is 80.2 Å². The van der Waals surface area contributed by atoms with E-state index in [0.717, 1.165) is 116 Å². The molecule has 0 aromatic rings. The minimum atomic E-state index is -5.03. The van der Waals surface area contributed by atoms with Gasteiger partial charge < -0.3 is 33.8 Å². The van der Waals surface area contributed by atoms with Gasteiger partial charge in [0.25, 0.3) is 0 Å². The van der Waals surface area contributed by atoms with Crippen molar-refractivity contribution in [1.29, 1.82) is 0 Å². The number of carbonyl (C=O) groups is 4. The largest absolute Gasteiger partial charge is 0.472 e. The van der Waals surface area contributed by atoms with Crippen LogP contribution in [0.5, 0.6) is 0 Å². The molecule has 0 heterocycles. The fourth-order valence-electron chi connectivity index (χ4n) is 10.1. The van der Waals surface area contributed by atoms with Crippen molar-refractivity contribution in [2.75, 3.05) is 39.6 Å². The van der Waals surface area contributed by atoms with Crippen molar-refractivity contribution in [2.45, 2.75) is 303 Å². The maximum Gasteiger partial charge on any atom is 0.472 e. The number of hydrogen-bond acceptors (Lipinski definition) is 15. The Bertz CT molecular complexity index is 2900. The molecule has 19 heteroatoms. The predicted octanol–water partition coefficient (Wildman–Crippen LogP) is 24.7. The maximum atomic E-state index is 13.1. The van der Waals surface area contributed by atoms with E-state index in [1.54, 1.807) is 0 Å². The van der Waals surface area contributed by atoms with E-state index >= 15 is 0 Å². The molecule has 0 aromatic carbocycles. The molecule has 0 bridgehead atoms. The normalized spacial score (nSPS) is 14.9. The standard InChI is InChI=1S/C91H144O17P2/c1-5-9-13-17-21-25-29-33-36-39-42-45-48-52-55-59-63-67-71-75-88(93)101-81-86(107-90(95)77-73-69-65-61-57-51-32-28-24-20-16-12-8-4)83-105-109(97,98)103-79-85(92)80-104-110(99,100)106-84-87(108-91(96)78-74-70-66-62-58-54-50-47-44-41-38-35-31-27-23-19-15-11-7-3)82-102-89(94)76-72-68-64-60-56-53-49-46-43-40-37-34-30-26-22-18-14-10-6-2/h10-11,14-15,21-23,25-27,33-38,42-47,52-56,58,63-64,66-68,70,85-87,92H,5-9,12-13,16-20,24,28-32,39-41,48-51,57,59-62,65,69,71-84H2,1-4H3,(H,97,98)(H,99,100)/b14-10-,15-11-,25-21-,26-22-,27-23-,36-33-,37-34-,38-35-,45-42-,46-43-,47-44-,55-52-,56-53-,58-54-,67-63-,68-64-,70-66-/t85-,86+,87+/m0/s1. The van der Waals surface area contributed by atoms with Crippen molar-refractivity contribution in [3.05, 3.63) is 207 Å². The summed E-state index contributed by atoms with van der Waals surface area (Å²) in [5.41, 5.74) is 0. The monoisotopic (exact) mass is 1570 g/mol. The SMILES string of the molecule is CC/C=C\C/C=C\C/C=C\C/C=C\C/C=C\C/C=C\CCC(=O)OC[C@H](COP(=O)(O)OC[C@@H](O)COP(=O)(O)OC[C@@H](COC(=O)CC/C=C\C/C=C\C/C=C\C/C=C\C/C=C\CCCCC)OC(=O)CCCCCCCCCCCCCCC)OC(=O)CC/C=C\C/C=C\C/C=C\C/C=C\C/C=C\C/C=C\CC. The summed E-state index contributed by atoms with van der Waals surface area (Å²) in [5.74, 6) is -2.49. The Morgan fingerprint density at radius 1 is 0.264 bits per heavy atom. The highest BCUT2D eigenvalue weighted by Gasteiger charge is 2.30. The average Bonchev–Trinajstić information content (AvgIpc) is 0.900. The van der Waals surface area contributed by atoms with Gasteiger partial charge in [-0.2, -0.15) is 0 Å². The molecule has 0 rings (SSSR count). The molecule has 0 saturated carbocycles. The second kappa shape index (κ2) is 80.7. The number of aliphatic hydroxyl groups excluding tert-OH is 1. The van der Waals surface area contributed by atoms with Gasteiger partial charge in [0, 0.05) is 25.7 Å². The first-order valence-electron chi connectivity index (χ1n) is 41.3. The summed E-state index contributed by atoms with van der Waals surface area (Å²) in [6.45, 7) is 4.34. The Labute approximate surface area is 665 Å². The topological polar surface area (TPSA) is 237 Å². The van der Waals surface area contributed by atoms with Crippen LogP contribution in [0, 0.1) is 0 Å². The number of unbranched alkanes of at least 4 members (excludes halogenated alkanes) is 15. The zero-order valence-electron chi connectivity index (χ0n) is 67.8. The number of esters is 4. The highest BCUT2D eigenvalue weighted by Crippen LogP contribution is 2.45. The molecular weight excluding hydrogens is 1430 g/mol. The molecule has 0 aliphatic rings. The minimum absolute atomic E-state index is 0.0102. The molecule has 0 aliphatic heterocycles. The molecule has 0 aliphatic carbocycles. The first-order chi connectivity index (χ1) is 53.7. The van der Waals surface area contributed by atoms with Gasteiger partial charge in [-0.05, 0) is 141 Å². The third kappa shape index (κ3) is 79.7. The number of rotatable bonds is 75. The molecule has 0 spiro atoms. The molecule has 5 atom stereocenters. The van der Waals surface area contributed by atoms with E-state index in [2.05, 4.69) is 180 Å². The van der Waals surface area contributed by atoms with E-state index in [4.69, 9.17) is 37.0 Å².